The van der Waals surface area contributed by atoms with Gasteiger partial charge in [-0.25, -0.2) is 4.79 Å². The van der Waals surface area contributed by atoms with Gasteiger partial charge in [0.2, 0.25) is 0 Å². The van der Waals surface area contributed by atoms with Crippen LogP contribution in [0.25, 0.3) is 0 Å². The standard InChI is InChI=1S/C10H19N3O3S/c1-10(2,3)16-9(14)13-4-5-17-6-7(13)8(11)12-15/h7,15H,4-6H2,1-3H3,(H2,11,12)/t7-/m0/s1. The number of amides is 1. The van der Waals surface area contributed by atoms with Crippen molar-refractivity contribution in [2.24, 2.45) is 10.9 Å². The van der Waals surface area contributed by atoms with Gasteiger partial charge >= 0.3 is 6.09 Å². The van der Waals surface area contributed by atoms with E-state index in [2.05, 4.69) is 5.16 Å². The Labute approximate surface area is 105 Å². The Morgan fingerprint density at radius 2 is 2.24 bits per heavy atom. The van der Waals surface area contributed by atoms with Crippen molar-refractivity contribution in [2.75, 3.05) is 18.1 Å². The number of hydrogen-bond acceptors (Lipinski definition) is 5. The molecule has 0 aliphatic carbocycles. The van der Waals surface area contributed by atoms with Gasteiger partial charge in [-0.15, -0.1) is 0 Å². The minimum absolute atomic E-state index is 0.0445. The predicted octanol–water partition coefficient (Wildman–Crippen LogP) is 1.09. The van der Waals surface area contributed by atoms with Gasteiger partial charge in [-0.05, 0) is 20.8 Å². The van der Waals surface area contributed by atoms with Gasteiger partial charge in [0.1, 0.15) is 11.6 Å². The normalized spacial score (nSPS) is 22.4. The van der Waals surface area contributed by atoms with E-state index in [-0.39, 0.29) is 5.84 Å². The third-order valence-electron chi connectivity index (χ3n) is 2.21. The number of nitrogens with zero attached hydrogens (tertiary/aromatic N) is 2. The summed E-state index contributed by atoms with van der Waals surface area (Å²) in [6.45, 7) is 5.97. The van der Waals surface area contributed by atoms with Crippen molar-refractivity contribution in [1.82, 2.24) is 4.90 Å². The highest BCUT2D eigenvalue weighted by molar-refractivity contribution is 7.99. The number of rotatable bonds is 1. The molecule has 17 heavy (non-hydrogen) atoms. The topological polar surface area (TPSA) is 88.2 Å². The molecule has 0 spiro atoms. The number of ether oxygens (including phenoxy) is 1. The molecule has 1 saturated heterocycles. The van der Waals surface area contributed by atoms with Crippen molar-refractivity contribution in [2.45, 2.75) is 32.4 Å². The van der Waals surface area contributed by atoms with Crippen LogP contribution in [0.1, 0.15) is 20.8 Å². The first-order chi connectivity index (χ1) is 7.85. The van der Waals surface area contributed by atoms with Crippen LogP contribution in [0.2, 0.25) is 0 Å². The molecule has 1 amide bonds. The highest BCUT2D eigenvalue weighted by atomic mass is 32.2. The number of hydrogen-bond donors (Lipinski definition) is 2. The Morgan fingerprint density at radius 3 is 2.76 bits per heavy atom. The van der Waals surface area contributed by atoms with Crippen molar-refractivity contribution in [3.05, 3.63) is 0 Å². The van der Waals surface area contributed by atoms with E-state index in [1.165, 1.54) is 4.90 Å². The van der Waals surface area contributed by atoms with Gasteiger partial charge in [0.25, 0.3) is 0 Å². The van der Waals surface area contributed by atoms with E-state index in [1.807, 2.05) is 20.8 Å². The fourth-order valence-electron chi connectivity index (χ4n) is 1.45. The van der Waals surface area contributed by atoms with Crippen molar-refractivity contribution >= 4 is 23.7 Å². The Bertz CT molecular complexity index is 314. The van der Waals surface area contributed by atoms with Crippen LogP contribution in [-0.4, -0.2) is 51.7 Å². The van der Waals surface area contributed by atoms with E-state index in [0.29, 0.717) is 12.3 Å². The summed E-state index contributed by atoms with van der Waals surface area (Å²) in [5.41, 5.74) is 5.03. The maximum absolute atomic E-state index is 11.9. The summed E-state index contributed by atoms with van der Waals surface area (Å²) >= 11 is 1.66. The molecule has 1 fully saturated rings. The Hall–Kier alpha value is -1.11. The molecule has 1 heterocycles. The van der Waals surface area contributed by atoms with Gasteiger partial charge in [0.05, 0.1) is 0 Å². The summed E-state index contributed by atoms with van der Waals surface area (Å²) in [5, 5.41) is 11.7. The fraction of sp³-hybridized carbons (Fsp3) is 0.800. The summed E-state index contributed by atoms with van der Waals surface area (Å²) in [6, 6.07) is -0.395. The molecule has 7 heteroatoms. The lowest BCUT2D eigenvalue weighted by atomic mass is 10.2. The van der Waals surface area contributed by atoms with E-state index in [9.17, 15) is 4.79 Å². The van der Waals surface area contributed by atoms with Crippen LogP contribution >= 0.6 is 11.8 Å². The van der Waals surface area contributed by atoms with Crippen molar-refractivity contribution < 1.29 is 14.7 Å². The molecule has 0 aromatic rings. The lowest BCUT2D eigenvalue weighted by molar-refractivity contribution is 0.0232. The van der Waals surface area contributed by atoms with Crippen LogP contribution in [0.15, 0.2) is 5.16 Å². The fourth-order valence-corrected chi connectivity index (χ4v) is 2.52. The van der Waals surface area contributed by atoms with Crippen LogP contribution < -0.4 is 5.73 Å². The molecule has 0 saturated carbocycles. The SMILES string of the molecule is CC(C)(C)OC(=O)N1CCSC[C@H]1C(N)=NO. The van der Waals surface area contributed by atoms with Gasteiger partial charge in [-0.1, -0.05) is 5.16 Å². The number of carbonyl (C=O) groups is 1. The molecule has 1 aliphatic rings. The molecular weight excluding hydrogens is 242 g/mol. The Balaban J connectivity index is 2.75. The molecule has 0 unspecified atom stereocenters. The summed E-state index contributed by atoms with van der Waals surface area (Å²) < 4.78 is 5.29. The number of carbonyl (C=O) groups excluding carboxylic acids is 1. The quantitative estimate of drug-likeness (QED) is 0.319. The van der Waals surface area contributed by atoms with E-state index in [1.54, 1.807) is 11.8 Å². The van der Waals surface area contributed by atoms with E-state index in [0.717, 1.165) is 5.75 Å². The lowest BCUT2D eigenvalue weighted by Gasteiger charge is -2.35. The molecular formula is C10H19N3O3S. The number of oxime groups is 1. The third kappa shape index (κ3) is 3.99. The van der Waals surface area contributed by atoms with Crippen molar-refractivity contribution in [3.8, 4) is 0 Å². The molecule has 6 nitrogen and oxygen atoms in total. The molecule has 0 bridgehead atoms. The third-order valence-corrected chi connectivity index (χ3v) is 3.24. The first-order valence-electron chi connectivity index (χ1n) is 5.40. The van der Waals surface area contributed by atoms with E-state index in [4.69, 9.17) is 15.7 Å². The van der Waals surface area contributed by atoms with Crippen molar-refractivity contribution in [3.63, 3.8) is 0 Å². The zero-order valence-corrected chi connectivity index (χ0v) is 11.2. The Kier molecular flexibility index (Phi) is 4.50. The first-order valence-corrected chi connectivity index (χ1v) is 6.55. The largest absolute Gasteiger partial charge is 0.444 e. The van der Waals surface area contributed by atoms with Crippen LogP contribution in [0.3, 0.4) is 0 Å². The second kappa shape index (κ2) is 5.48. The summed E-state index contributed by atoms with van der Waals surface area (Å²) in [5.74, 6) is 1.49. The smallest absolute Gasteiger partial charge is 0.410 e. The monoisotopic (exact) mass is 261 g/mol. The maximum atomic E-state index is 11.9. The van der Waals surface area contributed by atoms with E-state index >= 15 is 0 Å². The molecule has 3 N–H and O–H groups in total. The molecule has 0 aromatic carbocycles. The van der Waals surface area contributed by atoms with Gasteiger partial charge in [-0.2, -0.15) is 11.8 Å². The van der Waals surface area contributed by atoms with Gasteiger partial charge < -0.3 is 15.7 Å². The first kappa shape index (κ1) is 14.0. The molecule has 0 radical (unpaired) electrons. The van der Waals surface area contributed by atoms with Gasteiger partial charge in [-0.3, -0.25) is 4.90 Å². The number of nitrogens with two attached hydrogens (primary N) is 1. The predicted molar refractivity (Wildman–Crippen MR) is 67.5 cm³/mol. The maximum Gasteiger partial charge on any atom is 0.410 e. The summed E-state index contributed by atoms with van der Waals surface area (Å²) in [4.78, 5) is 13.5. The highest BCUT2D eigenvalue weighted by Crippen LogP contribution is 2.19. The minimum Gasteiger partial charge on any atom is -0.444 e. The number of amidine groups is 1. The summed E-state index contributed by atoms with van der Waals surface area (Å²) in [7, 11) is 0. The van der Waals surface area contributed by atoms with Crippen molar-refractivity contribution in [1.29, 1.82) is 0 Å². The van der Waals surface area contributed by atoms with Crippen LogP contribution in [-0.2, 0) is 4.74 Å². The second-order valence-corrected chi connectivity index (χ2v) is 5.94. The molecule has 1 aliphatic heterocycles. The zero-order valence-electron chi connectivity index (χ0n) is 10.3. The second-order valence-electron chi connectivity index (χ2n) is 4.79. The van der Waals surface area contributed by atoms with Crippen LogP contribution in [0, 0.1) is 0 Å². The zero-order chi connectivity index (χ0) is 13.1. The molecule has 98 valence electrons. The Morgan fingerprint density at radius 1 is 1.59 bits per heavy atom. The lowest BCUT2D eigenvalue weighted by Crippen LogP contribution is -2.53. The average Bonchev–Trinajstić information content (AvgIpc) is 2.25. The highest BCUT2D eigenvalue weighted by Gasteiger charge is 2.33. The average molecular weight is 261 g/mol. The van der Waals surface area contributed by atoms with E-state index < -0.39 is 17.7 Å². The van der Waals surface area contributed by atoms with Gasteiger partial charge in [0, 0.05) is 18.1 Å². The summed E-state index contributed by atoms with van der Waals surface area (Å²) in [6.07, 6.45) is -0.422. The molecule has 0 aromatic heterocycles. The van der Waals surface area contributed by atoms with Crippen LogP contribution in [0.4, 0.5) is 4.79 Å². The molecule has 1 atom stereocenters. The molecule has 1 rings (SSSR count). The van der Waals surface area contributed by atoms with Gasteiger partial charge in [0.15, 0.2) is 5.84 Å². The minimum atomic E-state index is -0.544. The van der Waals surface area contributed by atoms with Crippen LogP contribution in [0.5, 0.6) is 0 Å². The number of thioether (sulfide) groups is 1.